The minimum atomic E-state index is -1.27. The van der Waals surface area contributed by atoms with Crippen molar-refractivity contribution in [2.75, 3.05) is 11.5 Å². The van der Waals surface area contributed by atoms with Crippen molar-refractivity contribution in [3.05, 3.63) is 47.1 Å². The van der Waals surface area contributed by atoms with Gasteiger partial charge in [0.1, 0.15) is 6.04 Å². The SMILES string of the molecule is C=C(CC(=O)N[C@@H](CSC/C=C(\C)CC/C=C(\C)CCC=C(C)C)C(=O)O)C(=O)O. The Labute approximate surface area is 184 Å². The van der Waals surface area contributed by atoms with Crippen LogP contribution >= 0.6 is 11.8 Å². The van der Waals surface area contributed by atoms with Crippen molar-refractivity contribution in [1.82, 2.24) is 5.32 Å². The lowest BCUT2D eigenvalue weighted by atomic mass is 10.1. The maximum Gasteiger partial charge on any atom is 0.331 e. The van der Waals surface area contributed by atoms with E-state index in [9.17, 15) is 19.5 Å². The van der Waals surface area contributed by atoms with Gasteiger partial charge in [-0.25, -0.2) is 9.59 Å². The van der Waals surface area contributed by atoms with Gasteiger partial charge in [-0.3, -0.25) is 4.79 Å². The quantitative estimate of drug-likeness (QED) is 0.194. The van der Waals surface area contributed by atoms with E-state index in [1.165, 1.54) is 28.5 Å². The van der Waals surface area contributed by atoms with Gasteiger partial charge in [0.15, 0.2) is 0 Å². The molecule has 0 aromatic rings. The van der Waals surface area contributed by atoms with Crippen molar-refractivity contribution in [3.63, 3.8) is 0 Å². The van der Waals surface area contributed by atoms with Crippen molar-refractivity contribution in [1.29, 1.82) is 0 Å². The Balaban J connectivity index is 4.30. The summed E-state index contributed by atoms with van der Waals surface area (Å²) in [4.78, 5) is 33.8. The van der Waals surface area contributed by atoms with Gasteiger partial charge in [0.25, 0.3) is 0 Å². The number of hydrogen-bond acceptors (Lipinski definition) is 4. The van der Waals surface area contributed by atoms with Crippen LogP contribution in [0.2, 0.25) is 0 Å². The summed E-state index contributed by atoms with van der Waals surface area (Å²) >= 11 is 1.41. The maximum atomic E-state index is 11.8. The van der Waals surface area contributed by atoms with E-state index in [0.717, 1.165) is 25.7 Å². The zero-order valence-electron chi connectivity index (χ0n) is 18.5. The number of thioether (sulfide) groups is 1. The molecule has 0 aliphatic rings. The zero-order valence-corrected chi connectivity index (χ0v) is 19.3. The third-order valence-electron chi connectivity index (χ3n) is 4.27. The normalized spacial score (nSPS) is 12.8. The Morgan fingerprint density at radius 2 is 1.53 bits per heavy atom. The molecule has 0 rings (SSSR count). The standard InChI is InChI=1S/C23H35NO5S/c1-16(2)8-6-9-17(3)10-7-11-18(4)12-13-30-15-20(23(28)29)24-21(25)14-19(5)22(26)27/h8,10,12,20H,5-7,9,11,13-15H2,1-4H3,(H,24,25)(H,26,27)(H,28,29)/b17-10+,18-12+/t20-/m0/s1. The Morgan fingerprint density at radius 3 is 2.07 bits per heavy atom. The third kappa shape index (κ3) is 14.7. The Hall–Kier alpha value is -2.28. The molecule has 0 radical (unpaired) electrons. The van der Waals surface area contributed by atoms with Gasteiger partial charge in [-0.2, -0.15) is 11.8 Å². The molecule has 0 heterocycles. The predicted molar refractivity (Wildman–Crippen MR) is 124 cm³/mol. The molecule has 0 aliphatic carbocycles. The summed E-state index contributed by atoms with van der Waals surface area (Å²) in [6.45, 7) is 11.7. The van der Waals surface area contributed by atoms with Crippen LogP contribution in [-0.4, -0.2) is 45.6 Å². The van der Waals surface area contributed by atoms with Gasteiger partial charge in [0, 0.05) is 17.1 Å². The largest absolute Gasteiger partial charge is 0.480 e. The van der Waals surface area contributed by atoms with Crippen LogP contribution in [-0.2, 0) is 14.4 Å². The van der Waals surface area contributed by atoms with Crippen molar-refractivity contribution >= 4 is 29.6 Å². The second kappa shape index (κ2) is 15.5. The fourth-order valence-corrected chi connectivity index (χ4v) is 3.42. The van der Waals surface area contributed by atoms with Crippen LogP contribution in [0.1, 0.15) is 59.8 Å². The fourth-order valence-electron chi connectivity index (χ4n) is 2.42. The number of hydrogen-bond donors (Lipinski definition) is 3. The van der Waals surface area contributed by atoms with Crippen molar-refractivity contribution in [3.8, 4) is 0 Å². The van der Waals surface area contributed by atoms with E-state index in [2.05, 4.69) is 57.8 Å². The molecule has 0 aromatic carbocycles. The molecule has 0 bridgehead atoms. The van der Waals surface area contributed by atoms with Crippen LogP contribution in [0.25, 0.3) is 0 Å². The first-order valence-corrected chi connectivity index (χ1v) is 11.1. The number of carboxylic acid groups (broad SMARTS) is 2. The van der Waals surface area contributed by atoms with Gasteiger partial charge in [0.05, 0.1) is 6.42 Å². The molecule has 0 unspecified atom stereocenters. The van der Waals surface area contributed by atoms with E-state index < -0.39 is 30.3 Å². The Morgan fingerprint density at radius 1 is 0.967 bits per heavy atom. The number of carboxylic acids is 2. The molecule has 0 aromatic heterocycles. The molecule has 1 amide bonds. The number of nitrogens with one attached hydrogen (secondary N) is 1. The average molecular weight is 438 g/mol. The molecule has 3 N–H and O–H groups in total. The first kappa shape index (κ1) is 27.7. The summed E-state index contributed by atoms with van der Waals surface area (Å²) in [6.07, 6.45) is 10.2. The maximum absolute atomic E-state index is 11.8. The lowest BCUT2D eigenvalue weighted by molar-refractivity contribution is -0.141. The van der Waals surface area contributed by atoms with Gasteiger partial charge >= 0.3 is 11.9 Å². The minimum absolute atomic E-state index is 0.202. The van der Waals surface area contributed by atoms with Crippen molar-refractivity contribution in [2.24, 2.45) is 0 Å². The van der Waals surface area contributed by atoms with Crippen LogP contribution in [0.5, 0.6) is 0 Å². The fraction of sp³-hybridized carbons (Fsp3) is 0.522. The highest BCUT2D eigenvalue weighted by molar-refractivity contribution is 7.99. The van der Waals surface area contributed by atoms with E-state index in [0.29, 0.717) is 5.75 Å². The Bertz CT molecular complexity index is 702. The van der Waals surface area contributed by atoms with Crippen LogP contribution in [0, 0.1) is 0 Å². The van der Waals surface area contributed by atoms with Gasteiger partial charge < -0.3 is 15.5 Å². The van der Waals surface area contributed by atoms with Crippen molar-refractivity contribution in [2.45, 2.75) is 65.8 Å². The average Bonchev–Trinajstić information content (AvgIpc) is 2.63. The second-order valence-corrected chi connectivity index (χ2v) is 8.62. The van der Waals surface area contributed by atoms with E-state index in [-0.39, 0.29) is 11.3 Å². The van der Waals surface area contributed by atoms with Gasteiger partial charge in [-0.15, -0.1) is 0 Å². The van der Waals surface area contributed by atoms with Crippen LogP contribution in [0.15, 0.2) is 47.1 Å². The molecule has 0 saturated heterocycles. The van der Waals surface area contributed by atoms with Crippen LogP contribution in [0.4, 0.5) is 0 Å². The number of amides is 1. The van der Waals surface area contributed by atoms with Crippen LogP contribution in [0.3, 0.4) is 0 Å². The van der Waals surface area contributed by atoms with E-state index in [1.54, 1.807) is 0 Å². The molecule has 168 valence electrons. The molecule has 0 fully saturated rings. The molecule has 1 atom stereocenters. The van der Waals surface area contributed by atoms with Gasteiger partial charge in [0.2, 0.25) is 5.91 Å². The van der Waals surface area contributed by atoms with E-state index >= 15 is 0 Å². The highest BCUT2D eigenvalue weighted by Crippen LogP contribution is 2.13. The highest BCUT2D eigenvalue weighted by Gasteiger charge is 2.21. The monoisotopic (exact) mass is 437 g/mol. The first-order chi connectivity index (χ1) is 14.0. The van der Waals surface area contributed by atoms with E-state index in [4.69, 9.17) is 5.11 Å². The summed E-state index contributed by atoms with van der Waals surface area (Å²) in [6, 6.07) is -1.07. The minimum Gasteiger partial charge on any atom is -0.480 e. The molecule has 0 aliphatic heterocycles. The van der Waals surface area contributed by atoms with Crippen molar-refractivity contribution < 1.29 is 24.6 Å². The lowest BCUT2D eigenvalue weighted by Crippen LogP contribution is -2.42. The van der Waals surface area contributed by atoms with Crippen LogP contribution < -0.4 is 5.32 Å². The molecule has 7 heteroatoms. The molecule has 0 saturated carbocycles. The number of allylic oxidation sites excluding steroid dienone is 5. The lowest BCUT2D eigenvalue weighted by Gasteiger charge is -2.14. The third-order valence-corrected chi connectivity index (χ3v) is 5.24. The summed E-state index contributed by atoms with van der Waals surface area (Å²) in [5, 5.41) is 20.3. The summed E-state index contributed by atoms with van der Waals surface area (Å²) in [5.41, 5.74) is 3.70. The van der Waals surface area contributed by atoms with Gasteiger partial charge in [-0.05, 0) is 53.4 Å². The molecular formula is C23H35NO5S. The molecular weight excluding hydrogens is 402 g/mol. The number of aliphatic carboxylic acids is 2. The number of carbonyl (C=O) groups is 3. The highest BCUT2D eigenvalue weighted by atomic mass is 32.2. The number of rotatable bonds is 15. The second-order valence-electron chi connectivity index (χ2n) is 7.54. The zero-order chi connectivity index (χ0) is 23.1. The topological polar surface area (TPSA) is 104 Å². The first-order valence-electron chi connectivity index (χ1n) is 9.98. The summed E-state index contributed by atoms with van der Waals surface area (Å²) < 4.78 is 0. The summed E-state index contributed by atoms with van der Waals surface area (Å²) in [7, 11) is 0. The van der Waals surface area contributed by atoms with E-state index in [1.807, 2.05) is 0 Å². The number of carbonyl (C=O) groups excluding carboxylic acids is 1. The molecule has 6 nitrogen and oxygen atoms in total. The molecule has 30 heavy (non-hydrogen) atoms. The van der Waals surface area contributed by atoms with Gasteiger partial charge in [-0.1, -0.05) is 41.5 Å². The smallest absolute Gasteiger partial charge is 0.331 e. The Kier molecular flexibility index (Phi) is 14.4. The predicted octanol–water partition coefficient (Wildman–Crippen LogP) is 4.74. The molecule has 0 spiro atoms. The summed E-state index contributed by atoms with van der Waals surface area (Å²) in [5.74, 6) is -2.23.